The van der Waals surface area contributed by atoms with Gasteiger partial charge in [-0.15, -0.1) is 0 Å². The van der Waals surface area contributed by atoms with Gasteiger partial charge in [0, 0.05) is 44.6 Å². The molecule has 1 saturated carbocycles. The molecule has 3 rings (SSSR count). The van der Waals surface area contributed by atoms with E-state index >= 15 is 0 Å². The summed E-state index contributed by atoms with van der Waals surface area (Å²) >= 11 is 0. The lowest BCUT2D eigenvalue weighted by atomic mass is 9.79. The van der Waals surface area contributed by atoms with Crippen LogP contribution in [0.1, 0.15) is 32.6 Å². The highest BCUT2D eigenvalue weighted by molar-refractivity contribution is 5.82. The van der Waals surface area contributed by atoms with Crippen LogP contribution in [-0.4, -0.2) is 49.5 Å². The molecule has 3 fully saturated rings. The Labute approximate surface area is 114 Å². The molecule has 2 aliphatic heterocycles. The molecule has 1 aliphatic carbocycles. The normalized spacial score (nSPS) is 38.5. The number of rotatable bonds is 1. The van der Waals surface area contributed by atoms with Crippen LogP contribution >= 0.6 is 0 Å². The van der Waals surface area contributed by atoms with Crippen molar-refractivity contribution in [2.24, 2.45) is 16.3 Å². The van der Waals surface area contributed by atoms with Crippen LogP contribution in [0.3, 0.4) is 0 Å². The third kappa shape index (κ3) is 2.55. The summed E-state index contributed by atoms with van der Waals surface area (Å²) in [6.07, 6.45) is 4.23. The molecule has 0 bridgehead atoms. The number of piperidine rings is 1. The predicted molar refractivity (Wildman–Crippen MR) is 74.9 cm³/mol. The fraction of sp³-hybridized carbons (Fsp3) is 0.857. The number of nitrogens with zero attached hydrogens (tertiary/aromatic N) is 2. The number of amides is 1. The van der Waals surface area contributed by atoms with Gasteiger partial charge in [0.2, 0.25) is 5.91 Å². The van der Waals surface area contributed by atoms with E-state index in [0.717, 1.165) is 44.4 Å². The quantitative estimate of drug-likeness (QED) is 0.538. The highest BCUT2D eigenvalue weighted by Crippen LogP contribution is 2.36. The molecule has 0 aromatic heterocycles. The molecular formula is C14H24N4O. The van der Waals surface area contributed by atoms with Gasteiger partial charge < -0.3 is 15.5 Å². The van der Waals surface area contributed by atoms with Crippen molar-refractivity contribution in [3.63, 3.8) is 0 Å². The maximum Gasteiger partial charge on any atom is 0.220 e. The third-order valence-electron chi connectivity index (χ3n) is 4.79. The van der Waals surface area contributed by atoms with Crippen molar-refractivity contribution in [2.75, 3.05) is 26.7 Å². The van der Waals surface area contributed by atoms with Gasteiger partial charge in [0.1, 0.15) is 0 Å². The lowest BCUT2D eigenvalue weighted by Gasteiger charge is -2.40. The summed E-state index contributed by atoms with van der Waals surface area (Å²) in [5.41, 5.74) is 0.141. The van der Waals surface area contributed by atoms with Crippen molar-refractivity contribution in [1.82, 2.24) is 15.5 Å². The first-order chi connectivity index (χ1) is 9.12. The van der Waals surface area contributed by atoms with Crippen molar-refractivity contribution < 1.29 is 4.79 Å². The van der Waals surface area contributed by atoms with Crippen LogP contribution in [0.25, 0.3) is 0 Å². The van der Waals surface area contributed by atoms with Crippen LogP contribution in [0.4, 0.5) is 0 Å². The van der Waals surface area contributed by atoms with Gasteiger partial charge in [-0.1, -0.05) is 6.92 Å². The average Bonchev–Trinajstić information content (AvgIpc) is 2.98. The lowest BCUT2D eigenvalue weighted by molar-refractivity contribution is -0.119. The van der Waals surface area contributed by atoms with E-state index < -0.39 is 0 Å². The molecule has 1 spiro atoms. The second kappa shape index (κ2) is 4.69. The van der Waals surface area contributed by atoms with Crippen molar-refractivity contribution >= 4 is 11.9 Å². The van der Waals surface area contributed by atoms with E-state index in [1.54, 1.807) is 0 Å². The molecule has 3 aliphatic rings. The number of hydrogen-bond acceptors (Lipinski definition) is 2. The summed E-state index contributed by atoms with van der Waals surface area (Å²) in [6.45, 7) is 5.10. The monoisotopic (exact) mass is 264 g/mol. The van der Waals surface area contributed by atoms with E-state index in [1.165, 1.54) is 6.42 Å². The molecule has 106 valence electrons. The molecule has 0 radical (unpaired) electrons. The number of likely N-dealkylation sites (tertiary alicyclic amines) is 1. The van der Waals surface area contributed by atoms with Crippen molar-refractivity contribution in [1.29, 1.82) is 0 Å². The van der Waals surface area contributed by atoms with Crippen LogP contribution in [0, 0.1) is 11.3 Å². The number of carbonyl (C=O) groups is 1. The summed E-state index contributed by atoms with van der Waals surface area (Å²) in [4.78, 5) is 18.3. The van der Waals surface area contributed by atoms with Gasteiger partial charge in [0.15, 0.2) is 5.96 Å². The second-order valence-corrected chi connectivity index (χ2v) is 6.49. The number of aliphatic imine (C=N–C) groups is 1. The number of nitrogens with one attached hydrogen (secondary N) is 2. The van der Waals surface area contributed by atoms with Gasteiger partial charge in [-0.05, 0) is 25.2 Å². The Morgan fingerprint density at radius 3 is 2.95 bits per heavy atom. The first-order valence-electron chi connectivity index (χ1n) is 7.37. The van der Waals surface area contributed by atoms with E-state index in [1.807, 2.05) is 7.05 Å². The molecule has 2 saturated heterocycles. The Hall–Kier alpha value is -1.26. The maximum absolute atomic E-state index is 11.5. The zero-order chi connectivity index (χ0) is 13.5. The Kier molecular flexibility index (Phi) is 3.15. The van der Waals surface area contributed by atoms with Gasteiger partial charge in [0.25, 0.3) is 0 Å². The van der Waals surface area contributed by atoms with Gasteiger partial charge in [-0.2, -0.15) is 0 Å². The molecular weight excluding hydrogens is 240 g/mol. The molecule has 5 nitrogen and oxygen atoms in total. The van der Waals surface area contributed by atoms with E-state index in [0.29, 0.717) is 12.5 Å². The van der Waals surface area contributed by atoms with Crippen LogP contribution in [0.5, 0.6) is 0 Å². The van der Waals surface area contributed by atoms with Crippen LogP contribution in [-0.2, 0) is 4.79 Å². The smallest absolute Gasteiger partial charge is 0.220 e. The Balaban J connectivity index is 1.65. The van der Waals surface area contributed by atoms with Crippen molar-refractivity contribution in [3.8, 4) is 0 Å². The minimum Gasteiger partial charge on any atom is -0.355 e. The molecule has 0 aromatic rings. The predicted octanol–water partition coefficient (Wildman–Crippen LogP) is 0.572. The van der Waals surface area contributed by atoms with E-state index in [-0.39, 0.29) is 11.3 Å². The van der Waals surface area contributed by atoms with Gasteiger partial charge in [-0.3, -0.25) is 9.79 Å². The fourth-order valence-electron chi connectivity index (χ4n) is 3.42. The first-order valence-corrected chi connectivity index (χ1v) is 7.37. The summed E-state index contributed by atoms with van der Waals surface area (Å²) in [5, 5.41) is 6.54. The van der Waals surface area contributed by atoms with Crippen molar-refractivity contribution in [3.05, 3.63) is 0 Å². The number of hydrogen-bond donors (Lipinski definition) is 2. The second-order valence-electron chi connectivity index (χ2n) is 6.49. The van der Waals surface area contributed by atoms with Gasteiger partial charge in [0.05, 0.1) is 0 Å². The van der Waals surface area contributed by atoms with Crippen LogP contribution < -0.4 is 10.6 Å². The average molecular weight is 264 g/mol. The van der Waals surface area contributed by atoms with Crippen LogP contribution in [0.2, 0.25) is 0 Å². The Morgan fingerprint density at radius 2 is 2.37 bits per heavy atom. The molecule has 2 heterocycles. The molecule has 5 heteroatoms. The molecule has 1 amide bonds. The van der Waals surface area contributed by atoms with Gasteiger partial charge in [-0.25, -0.2) is 0 Å². The van der Waals surface area contributed by atoms with Crippen molar-refractivity contribution in [2.45, 2.75) is 38.6 Å². The molecule has 3 unspecified atom stereocenters. The molecule has 2 N–H and O–H groups in total. The topological polar surface area (TPSA) is 56.7 Å². The Bertz CT molecular complexity index is 408. The van der Waals surface area contributed by atoms with Gasteiger partial charge >= 0.3 is 0 Å². The third-order valence-corrected chi connectivity index (χ3v) is 4.79. The summed E-state index contributed by atoms with van der Waals surface area (Å²) in [6, 6.07) is 0.597. The Morgan fingerprint density at radius 1 is 1.58 bits per heavy atom. The minimum absolute atomic E-state index is 0.141. The van der Waals surface area contributed by atoms with Crippen LogP contribution in [0.15, 0.2) is 4.99 Å². The van der Waals surface area contributed by atoms with E-state index in [4.69, 9.17) is 0 Å². The summed E-state index contributed by atoms with van der Waals surface area (Å²) < 4.78 is 0. The number of guanidine groups is 1. The minimum atomic E-state index is 0.141. The summed E-state index contributed by atoms with van der Waals surface area (Å²) in [5.74, 6) is 2.00. The molecule has 0 aromatic carbocycles. The zero-order valence-electron chi connectivity index (χ0n) is 11.9. The highest BCUT2D eigenvalue weighted by Gasteiger charge is 2.43. The lowest BCUT2D eigenvalue weighted by Crippen LogP contribution is -2.51. The maximum atomic E-state index is 11.5. The largest absolute Gasteiger partial charge is 0.355 e. The SMILES string of the molecule is CN=C(NC1CC1C)N1CCCC2(CNC(=O)C2)C1. The highest BCUT2D eigenvalue weighted by atomic mass is 16.1. The summed E-state index contributed by atoms with van der Waals surface area (Å²) in [7, 11) is 1.86. The number of carbonyl (C=O) groups excluding carboxylic acids is 1. The fourth-order valence-corrected chi connectivity index (χ4v) is 3.42. The van der Waals surface area contributed by atoms with E-state index in [2.05, 4.69) is 27.4 Å². The first kappa shape index (κ1) is 12.8. The standard InChI is InChI=1S/C14H24N4O/c1-10-6-11(10)17-13(15-2)18-5-3-4-14(9-18)7-12(19)16-8-14/h10-11H,3-9H2,1-2H3,(H,15,17)(H,16,19). The molecule has 3 atom stereocenters. The molecule has 19 heavy (non-hydrogen) atoms. The zero-order valence-corrected chi connectivity index (χ0v) is 11.9. The van der Waals surface area contributed by atoms with E-state index in [9.17, 15) is 4.79 Å².